The van der Waals surface area contributed by atoms with Crippen molar-refractivity contribution in [3.8, 4) is 0 Å². The zero-order valence-corrected chi connectivity index (χ0v) is 29.5. The molecular formula is C24H58O7Zr2. The van der Waals surface area contributed by atoms with Crippen LogP contribution in [0.1, 0.15) is 111 Å². The Morgan fingerprint density at radius 2 is 0.485 bits per heavy atom. The maximum atomic E-state index is 9.53. The van der Waals surface area contributed by atoms with Crippen LogP contribution in [-0.4, -0.2) is 46.8 Å². The van der Waals surface area contributed by atoms with Gasteiger partial charge < -0.3 is 43.5 Å². The van der Waals surface area contributed by atoms with Crippen LogP contribution in [0.5, 0.6) is 0 Å². The second-order valence-corrected chi connectivity index (χ2v) is 7.54. The monoisotopic (exact) mass is 638 g/mol. The number of aliphatic hydroxyl groups excluding tert-OH is 2. The average Bonchev–Trinajstić information content (AvgIpc) is 2.46. The van der Waals surface area contributed by atoms with Gasteiger partial charge in [0, 0.05) is 12.2 Å². The van der Waals surface area contributed by atoms with Gasteiger partial charge in [-0.05, 0) is 27.7 Å². The molecule has 33 heavy (non-hydrogen) atoms. The van der Waals surface area contributed by atoms with Crippen molar-refractivity contribution >= 4 is 0 Å². The molecule has 0 aromatic carbocycles. The predicted molar refractivity (Wildman–Crippen MR) is 127 cm³/mol. The van der Waals surface area contributed by atoms with Crippen molar-refractivity contribution in [3.63, 3.8) is 0 Å². The molecule has 0 saturated carbocycles. The fourth-order valence-corrected chi connectivity index (χ4v) is 0. The Labute approximate surface area is 243 Å². The van der Waals surface area contributed by atoms with Gasteiger partial charge in [-0.1, -0.05) is 55.4 Å². The number of rotatable bonds is 0. The van der Waals surface area contributed by atoms with Crippen molar-refractivity contribution in [2.24, 2.45) is 0 Å². The Balaban J connectivity index is -0.0000000226. The molecule has 0 unspecified atom stereocenters. The van der Waals surface area contributed by atoms with E-state index in [0.717, 1.165) is 0 Å². The van der Waals surface area contributed by atoms with Crippen molar-refractivity contribution in [1.82, 2.24) is 0 Å². The summed E-state index contributed by atoms with van der Waals surface area (Å²) < 4.78 is 8.34. The summed E-state index contributed by atoms with van der Waals surface area (Å²) >= 11 is 0.300. The second kappa shape index (κ2) is 76.6. The molecule has 204 valence electrons. The van der Waals surface area contributed by atoms with E-state index in [4.69, 9.17) is 13.0 Å². The largest absolute Gasteiger partial charge is 4.00 e. The smallest absolute Gasteiger partial charge is 4.00 e. The minimum Gasteiger partial charge on any atom is 4.00 e. The SMILES string of the molecule is CC(C)O.CC(C)O.CC(C)[O-].CC(C)[O-].CC(C)[O-].CC(C)[O-].C[CH-]C.C[CH-]C.[O]=[Zr+2].[Zr+4]. The van der Waals surface area contributed by atoms with E-state index >= 15 is 0 Å². The van der Waals surface area contributed by atoms with E-state index in [1.54, 1.807) is 83.1 Å². The predicted octanol–water partition coefficient (Wildman–Crippen LogP) is 2.13. The molecule has 0 spiro atoms. The van der Waals surface area contributed by atoms with Gasteiger partial charge in [0.1, 0.15) is 0 Å². The van der Waals surface area contributed by atoms with E-state index in [9.17, 15) is 20.4 Å². The molecule has 0 saturated heterocycles. The fraction of sp³-hybridized carbons (Fsp3) is 0.917. The minimum atomic E-state index is -0.417. The van der Waals surface area contributed by atoms with E-state index in [2.05, 4.69) is 0 Å². The third-order valence-electron chi connectivity index (χ3n) is 0. The topological polar surface area (TPSA) is 150 Å². The van der Waals surface area contributed by atoms with Gasteiger partial charge in [-0.15, -0.1) is 24.4 Å². The normalized spacial score (nSPS) is 7.82. The quantitative estimate of drug-likeness (QED) is 0.385. The summed E-state index contributed by atoms with van der Waals surface area (Å²) in [5.41, 5.74) is 0. The third kappa shape index (κ3) is 18600. The number of hydrogen-bond acceptors (Lipinski definition) is 7. The fourth-order valence-electron chi connectivity index (χ4n) is 0. The standard InChI is InChI=1S/2C3H8O.4C3H7O.2C3H7.O.2Zr/c6*1-3(2)4;2*1-3-2;;;/h2*3-4H,1-2H3;4*3H,1-2H3;2*3H,1-2H3;;;/q;;6*-1;;+2;+4. The summed E-state index contributed by atoms with van der Waals surface area (Å²) in [6.07, 6.45) is 2.00. The zero-order valence-electron chi connectivity index (χ0n) is 24.6. The van der Waals surface area contributed by atoms with Crippen LogP contribution >= 0.6 is 0 Å². The Hall–Kier alpha value is 1.33. The molecule has 0 rings (SSSR count). The van der Waals surface area contributed by atoms with Gasteiger partial charge in [0.05, 0.1) is 0 Å². The van der Waals surface area contributed by atoms with Crippen molar-refractivity contribution in [2.75, 3.05) is 0 Å². The first-order chi connectivity index (χ1) is 14.2. The molecule has 0 aliphatic carbocycles. The summed E-state index contributed by atoms with van der Waals surface area (Å²) in [7, 11) is 0. The Morgan fingerprint density at radius 3 is 0.485 bits per heavy atom. The van der Waals surface area contributed by atoms with Gasteiger partial charge >= 0.3 is 53.7 Å². The van der Waals surface area contributed by atoms with Crippen LogP contribution in [0.15, 0.2) is 0 Å². The molecule has 0 atom stereocenters. The second-order valence-electron chi connectivity index (χ2n) is 7.54. The first kappa shape index (κ1) is 64.4. The van der Waals surface area contributed by atoms with E-state index < -0.39 is 24.4 Å². The van der Waals surface area contributed by atoms with Crippen LogP contribution in [0.4, 0.5) is 0 Å². The van der Waals surface area contributed by atoms with Crippen molar-refractivity contribution in [1.29, 1.82) is 0 Å². The van der Waals surface area contributed by atoms with Gasteiger partial charge in [-0.2, -0.15) is 27.7 Å². The van der Waals surface area contributed by atoms with Crippen molar-refractivity contribution < 1.29 is 84.4 Å². The van der Waals surface area contributed by atoms with Gasteiger partial charge in [-0.3, -0.25) is 0 Å². The molecule has 7 nitrogen and oxygen atoms in total. The molecule has 9 heteroatoms. The molecule has 0 bridgehead atoms. The summed E-state index contributed by atoms with van der Waals surface area (Å²) in [5.74, 6) is 0. The van der Waals surface area contributed by atoms with Crippen LogP contribution in [0.3, 0.4) is 0 Å². The van der Waals surface area contributed by atoms with E-state index in [1.807, 2.05) is 40.5 Å². The molecule has 2 N–H and O–H groups in total. The number of hydrogen-bond donors (Lipinski definition) is 2. The summed E-state index contributed by atoms with van der Waals surface area (Å²) in [5, 5.41) is 54.2. The zero-order chi connectivity index (χ0) is 28.9. The maximum absolute atomic E-state index is 9.53. The van der Waals surface area contributed by atoms with Crippen molar-refractivity contribution in [2.45, 2.75) is 147 Å². The van der Waals surface area contributed by atoms with Gasteiger partial charge in [0.25, 0.3) is 0 Å². The Bertz CT molecular complexity index is 142. The van der Waals surface area contributed by atoms with E-state index in [0.29, 0.717) is 24.7 Å². The molecule has 0 aromatic heterocycles. The van der Waals surface area contributed by atoms with Gasteiger partial charge in [0.2, 0.25) is 0 Å². The van der Waals surface area contributed by atoms with Crippen LogP contribution in [-0.2, 0) is 53.7 Å². The average molecular weight is 641 g/mol. The molecule has 0 radical (unpaired) electrons. The summed E-state index contributed by atoms with van der Waals surface area (Å²) in [6.45, 7) is 27.8. The van der Waals surface area contributed by atoms with Crippen LogP contribution in [0, 0.1) is 12.8 Å². The van der Waals surface area contributed by atoms with Crippen LogP contribution < -0.4 is 20.4 Å². The maximum Gasteiger partial charge on any atom is 4.00 e. The minimum absolute atomic E-state index is 0. The number of aliphatic hydroxyl groups is 2. The van der Waals surface area contributed by atoms with Gasteiger partial charge in [0.15, 0.2) is 0 Å². The Morgan fingerprint density at radius 1 is 0.485 bits per heavy atom. The van der Waals surface area contributed by atoms with Crippen LogP contribution in [0.2, 0.25) is 0 Å². The summed E-state index contributed by atoms with van der Waals surface area (Å²) in [6, 6.07) is 0. The summed E-state index contributed by atoms with van der Waals surface area (Å²) in [4.78, 5) is 0. The molecule has 0 amide bonds. The first-order valence-corrected chi connectivity index (χ1v) is 11.9. The molecule has 0 fully saturated rings. The Kier molecular flexibility index (Phi) is 149. The van der Waals surface area contributed by atoms with E-state index in [-0.39, 0.29) is 38.4 Å². The molecule has 0 heterocycles. The van der Waals surface area contributed by atoms with Crippen LogP contribution in [0.25, 0.3) is 0 Å². The first-order valence-electron chi connectivity index (χ1n) is 10.9. The molecule has 0 aliphatic rings. The van der Waals surface area contributed by atoms with Crippen molar-refractivity contribution in [3.05, 3.63) is 12.8 Å². The molecule has 0 aromatic rings. The van der Waals surface area contributed by atoms with E-state index in [1.165, 1.54) is 0 Å². The van der Waals surface area contributed by atoms with Gasteiger partial charge in [-0.25, -0.2) is 0 Å². The molecule has 0 aliphatic heterocycles. The third-order valence-corrected chi connectivity index (χ3v) is 0. The molecular weight excluding hydrogens is 583 g/mol.